The molecule has 2 aromatic carbocycles. The van der Waals surface area contributed by atoms with Crippen molar-refractivity contribution in [2.75, 3.05) is 13.2 Å². The molecule has 2 aromatic rings. The molecule has 0 radical (unpaired) electrons. The second-order valence-electron chi connectivity index (χ2n) is 6.50. The van der Waals surface area contributed by atoms with Crippen LogP contribution in [-0.4, -0.2) is 31.2 Å². The van der Waals surface area contributed by atoms with Gasteiger partial charge in [-0.25, -0.2) is 14.4 Å². The summed E-state index contributed by atoms with van der Waals surface area (Å²) in [7, 11) is 0. The maximum Gasteiger partial charge on any atom is 0.338 e. The van der Waals surface area contributed by atoms with Crippen LogP contribution in [0.4, 0.5) is 4.79 Å². The van der Waals surface area contributed by atoms with Gasteiger partial charge in [0.2, 0.25) is 0 Å². The number of hydrogen-bond acceptors (Lipinski definition) is 5. The number of aryl methyl sites for hydroxylation is 1. The molecule has 1 atom stereocenters. The third kappa shape index (κ3) is 4.82. The first-order chi connectivity index (χ1) is 14.0. The van der Waals surface area contributed by atoms with E-state index >= 15 is 0 Å². The molecular formula is C22H22N2O5. The van der Waals surface area contributed by atoms with Crippen LogP contribution in [0, 0.1) is 6.92 Å². The van der Waals surface area contributed by atoms with Gasteiger partial charge < -0.3 is 20.1 Å². The molecule has 0 spiro atoms. The molecule has 2 amide bonds. The smallest absolute Gasteiger partial charge is 0.338 e. The van der Waals surface area contributed by atoms with E-state index < -0.39 is 24.0 Å². The Morgan fingerprint density at radius 2 is 1.66 bits per heavy atom. The maximum absolute atomic E-state index is 12.6. The third-order valence-corrected chi connectivity index (χ3v) is 4.42. The number of hydrogen-bond donors (Lipinski definition) is 2. The van der Waals surface area contributed by atoms with Gasteiger partial charge in [-0.2, -0.15) is 0 Å². The summed E-state index contributed by atoms with van der Waals surface area (Å²) in [6.45, 7) is 3.52. The number of rotatable bonds is 6. The molecule has 0 saturated carbocycles. The summed E-state index contributed by atoms with van der Waals surface area (Å²) in [5, 5.41) is 5.30. The fraction of sp³-hybridized carbons (Fsp3) is 0.227. The lowest BCUT2D eigenvalue weighted by Gasteiger charge is -2.29. The standard InChI is InChI=1S/C22H22N2O5/c1-3-28-21(26)18-17(13-29-20(25)16-11-9-14(2)10-12-16)23-22(27)24-19(18)15-7-5-4-6-8-15/h4-12,19H,3,13H2,1-2H3,(H2,23,24,27). The average molecular weight is 394 g/mol. The van der Waals surface area contributed by atoms with E-state index in [4.69, 9.17) is 9.47 Å². The number of ether oxygens (including phenoxy) is 2. The van der Waals surface area contributed by atoms with Gasteiger partial charge in [0.15, 0.2) is 0 Å². The normalized spacial score (nSPS) is 15.9. The molecule has 1 unspecified atom stereocenters. The molecule has 7 heteroatoms. The molecule has 7 nitrogen and oxygen atoms in total. The molecule has 150 valence electrons. The molecule has 0 aliphatic carbocycles. The largest absolute Gasteiger partial charge is 0.463 e. The van der Waals surface area contributed by atoms with Gasteiger partial charge in [0, 0.05) is 0 Å². The van der Waals surface area contributed by atoms with Crippen molar-refractivity contribution in [3.05, 3.63) is 82.6 Å². The number of carbonyl (C=O) groups excluding carboxylic acids is 3. The first-order valence-corrected chi connectivity index (χ1v) is 9.26. The van der Waals surface area contributed by atoms with E-state index in [1.807, 2.05) is 25.1 Å². The highest BCUT2D eigenvalue weighted by molar-refractivity contribution is 5.95. The minimum Gasteiger partial charge on any atom is -0.463 e. The molecule has 29 heavy (non-hydrogen) atoms. The van der Waals surface area contributed by atoms with Crippen molar-refractivity contribution < 1.29 is 23.9 Å². The van der Waals surface area contributed by atoms with E-state index in [0.29, 0.717) is 11.1 Å². The van der Waals surface area contributed by atoms with Crippen molar-refractivity contribution in [2.45, 2.75) is 19.9 Å². The molecule has 0 saturated heterocycles. The highest BCUT2D eigenvalue weighted by Gasteiger charge is 2.34. The lowest BCUT2D eigenvalue weighted by atomic mass is 9.95. The van der Waals surface area contributed by atoms with Gasteiger partial charge in [0.1, 0.15) is 6.61 Å². The molecule has 2 N–H and O–H groups in total. The van der Waals surface area contributed by atoms with Crippen molar-refractivity contribution in [2.24, 2.45) is 0 Å². The molecule has 0 aromatic heterocycles. The van der Waals surface area contributed by atoms with Gasteiger partial charge in [-0.05, 0) is 31.5 Å². The van der Waals surface area contributed by atoms with Crippen molar-refractivity contribution >= 4 is 18.0 Å². The molecule has 0 bridgehead atoms. The summed E-state index contributed by atoms with van der Waals surface area (Å²) in [5.41, 5.74) is 2.52. The Hall–Kier alpha value is -3.61. The van der Waals surface area contributed by atoms with Crippen molar-refractivity contribution in [3.8, 4) is 0 Å². The fourth-order valence-electron chi connectivity index (χ4n) is 2.99. The lowest BCUT2D eigenvalue weighted by Crippen LogP contribution is -2.47. The number of urea groups is 1. The van der Waals surface area contributed by atoms with Crippen LogP contribution in [0.2, 0.25) is 0 Å². The van der Waals surface area contributed by atoms with Gasteiger partial charge in [0.05, 0.1) is 29.5 Å². The minimum absolute atomic E-state index is 0.175. The SMILES string of the molecule is CCOC(=O)C1=C(COC(=O)c2ccc(C)cc2)NC(=O)NC1c1ccccc1. The Labute approximate surface area is 168 Å². The summed E-state index contributed by atoms with van der Waals surface area (Å²) >= 11 is 0. The highest BCUT2D eigenvalue weighted by Crippen LogP contribution is 2.28. The highest BCUT2D eigenvalue weighted by atomic mass is 16.5. The topological polar surface area (TPSA) is 93.7 Å². The van der Waals surface area contributed by atoms with E-state index in [-0.39, 0.29) is 24.5 Å². The molecule has 1 aliphatic heterocycles. The summed E-state index contributed by atoms with van der Waals surface area (Å²) in [5.74, 6) is -1.14. The number of amides is 2. The number of esters is 2. The summed E-state index contributed by atoms with van der Waals surface area (Å²) in [4.78, 5) is 37.2. The first-order valence-electron chi connectivity index (χ1n) is 9.26. The second-order valence-corrected chi connectivity index (χ2v) is 6.50. The van der Waals surface area contributed by atoms with Crippen molar-refractivity contribution in [1.82, 2.24) is 10.6 Å². The fourth-order valence-corrected chi connectivity index (χ4v) is 2.99. The number of nitrogens with one attached hydrogen (secondary N) is 2. The number of benzene rings is 2. The summed E-state index contributed by atoms with van der Waals surface area (Å²) in [6.07, 6.45) is 0. The van der Waals surface area contributed by atoms with Crippen LogP contribution in [0.5, 0.6) is 0 Å². The van der Waals surface area contributed by atoms with E-state index in [2.05, 4.69) is 10.6 Å². The van der Waals surface area contributed by atoms with Crippen LogP contribution in [0.3, 0.4) is 0 Å². The van der Waals surface area contributed by atoms with E-state index in [1.165, 1.54) is 0 Å². The van der Waals surface area contributed by atoms with Gasteiger partial charge in [0.25, 0.3) is 0 Å². The van der Waals surface area contributed by atoms with Crippen LogP contribution in [-0.2, 0) is 14.3 Å². The Morgan fingerprint density at radius 1 is 0.966 bits per heavy atom. The Bertz CT molecular complexity index is 935. The molecule has 1 heterocycles. The van der Waals surface area contributed by atoms with Gasteiger partial charge in [-0.15, -0.1) is 0 Å². The van der Waals surface area contributed by atoms with Crippen molar-refractivity contribution in [3.63, 3.8) is 0 Å². The summed E-state index contributed by atoms with van der Waals surface area (Å²) < 4.78 is 10.5. The zero-order chi connectivity index (χ0) is 20.8. The van der Waals surface area contributed by atoms with Gasteiger partial charge >= 0.3 is 18.0 Å². The second kappa shape index (κ2) is 9.05. The van der Waals surface area contributed by atoms with Crippen LogP contribution in [0.25, 0.3) is 0 Å². The quantitative estimate of drug-likeness (QED) is 0.735. The Balaban J connectivity index is 1.89. The zero-order valence-corrected chi connectivity index (χ0v) is 16.2. The van der Waals surface area contributed by atoms with Crippen LogP contribution in [0.15, 0.2) is 65.9 Å². The number of carbonyl (C=O) groups is 3. The minimum atomic E-state index is -0.711. The molecule has 0 fully saturated rings. The zero-order valence-electron chi connectivity index (χ0n) is 16.2. The first kappa shape index (κ1) is 20.1. The predicted molar refractivity (Wildman–Crippen MR) is 106 cm³/mol. The van der Waals surface area contributed by atoms with E-state index in [9.17, 15) is 14.4 Å². The average Bonchev–Trinajstić information content (AvgIpc) is 2.72. The van der Waals surface area contributed by atoms with Gasteiger partial charge in [-0.3, -0.25) is 0 Å². The third-order valence-electron chi connectivity index (χ3n) is 4.42. The molecule has 1 aliphatic rings. The van der Waals surface area contributed by atoms with Crippen LogP contribution < -0.4 is 10.6 Å². The summed E-state index contributed by atoms with van der Waals surface area (Å²) in [6, 6.07) is 14.8. The Morgan fingerprint density at radius 3 is 2.31 bits per heavy atom. The molecular weight excluding hydrogens is 372 g/mol. The van der Waals surface area contributed by atoms with E-state index in [0.717, 1.165) is 5.56 Å². The Kier molecular flexibility index (Phi) is 6.29. The maximum atomic E-state index is 12.6. The van der Waals surface area contributed by atoms with Gasteiger partial charge in [-0.1, -0.05) is 48.0 Å². The molecule has 3 rings (SSSR count). The van der Waals surface area contributed by atoms with Crippen LogP contribution >= 0.6 is 0 Å². The monoisotopic (exact) mass is 394 g/mol. The van der Waals surface area contributed by atoms with Crippen LogP contribution in [0.1, 0.15) is 34.5 Å². The van der Waals surface area contributed by atoms with Crippen molar-refractivity contribution in [1.29, 1.82) is 0 Å². The van der Waals surface area contributed by atoms with E-state index in [1.54, 1.807) is 43.3 Å². The predicted octanol–water partition coefficient (Wildman–Crippen LogP) is 3.02. The lowest BCUT2D eigenvalue weighted by molar-refractivity contribution is -0.139.